The largest absolute Gasteiger partial charge is 0.488 e. The molecule has 1 atom stereocenters. The maximum Gasteiger partial charge on any atom is 0.165 e. The minimum atomic E-state index is -0.353. The molecule has 4 heteroatoms. The minimum absolute atomic E-state index is 0.0645. The number of rotatable bonds is 6. The van der Waals surface area contributed by atoms with E-state index in [9.17, 15) is 4.39 Å². The maximum absolute atomic E-state index is 13.5. The first-order chi connectivity index (χ1) is 7.69. The molecule has 0 aromatic heterocycles. The highest BCUT2D eigenvalue weighted by molar-refractivity contribution is 5.35. The van der Waals surface area contributed by atoms with Gasteiger partial charge in [0.2, 0.25) is 0 Å². The van der Waals surface area contributed by atoms with Gasteiger partial charge in [-0.25, -0.2) is 4.39 Å². The third kappa shape index (κ3) is 3.47. The van der Waals surface area contributed by atoms with Gasteiger partial charge in [0.15, 0.2) is 11.6 Å². The van der Waals surface area contributed by atoms with Crippen molar-refractivity contribution in [3.63, 3.8) is 0 Å². The SMILES string of the molecule is COC(C)COc1c(F)cccc1CCN. The van der Waals surface area contributed by atoms with Crippen LogP contribution in [0.4, 0.5) is 4.39 Å². The molecule has 0 bridgehead atoms. The molecule has 0 radical (unpaired) electrons. The van der Waals surface area contributed by atoms with E-state index < -0.39 is 0 Å². The topological polar surface area (TPSA) is 44.5 Å². The van der Waals surface area contributed by atoms with E-state index in [0.29, 0.717) is 19.6 Å². The number of benzene rings is 1. The summed E-state index contributed by atoms with van der Waals surface area (Å²) in [5.74, 6) is -0.0638. The molecule has 3 nitrogen and oxygen atoms in total. The third-order valence-corrected chi connectivity index (χ3v) is 2.33. The fraction of sp³-hybridized carbons (Fsp3) is 0.500. The maximum atomic E-state index is 13.5. The molecule has 1 aromatic rings. The van der Waals surface area contributed by atoms with Crippen molar-refractivity contribution in [2.45, 2.75) is 19.4 Å². The molecule has 0 aliphatic carbocycles. The summed E-state index contributed by atoms with van der Waals surface area (Å²) in [5.41, 5.74) is 6.26. The van der Waals surface area contributed by atoms with Gasteiger partial charge in [0, 0.05) is 7.11 Å². The normalized spacial score (nSPS) is 12.5. The lowest BCUT2D eigenvalue weighted by Gasteiger charge is -2.14. The molecule has 1 rings (SSSR count). The van der Waals surface area contributed by atoms with E-state index >= 15 is 0 Å². The second-order valence-corrected chi connectivity index (χ2v) is 3.62. The van der Waals surface area contributed by atoms with Crippen molar-refractivity contribution in [3.05, 3.63) is 29.6 Å². The third-order valence-electron chi connectivity index (χ3n) is 2.33. The van der Waals surface area contributed by atoms with E-state index in [1.54, 1.807) is 13.2 Å². The van der Waals surface area contributed by atoms with E-state index in [2.05, 4.69) is 0 Å². The summed E-state index contributed by atoms with van der Waals surface area (Å²) in [7, 11) is 1.59. The van der Waals surface area contributed by atoms with Gasteiger partial charge in [-0.15, -0.1) is 0 Å². The summed E-state index contributed by atoms with van der Waals surface area (Å²) < 4.78 is 24.0. The highest BCUT2D eigenvalue weighted by Crippen LogP contribution is 2.23. The summed E-state index contributed by atoms with van der Waals surface area (Å²) in [6.45, 7) is 2.66. The Kier molecular flexibility index (Phi) is 5.22. The molecular formula is C12H18FNO2. The van der Waals surface area contributed by atoms with Crippen LogP contribution in [-0.4, -0.2) is 26.4 Å². The smallest absolute Gasteiger partial charge is 0.165 e. The van der Waals surface area contributed by atoms with E-state index in [0.717, 1.165) is 5.56 Å². The van der Waals surface area contributed by atoms with E-state index in [-0.39, 0.29) is 17.7 Å². The highest BCUT2D eigenvalue weighted by Gasteiger charge is 2.10. The van der Waals surface area contributed by atoms with Crippen LogP contribution in [0.5, 0.6) is 5.75 Å². The lowest BCUT2D eigenvalue weighted by molar-refractivity contribution is 0.0698. The van der Waals surface area contributed by atoms with Crippen molar-refractivity contribution in [2.75, 3.05) is 20.3 Å². The summed E-state index contributed by atoms with van der Waals surface area (Å²) in [6.07, 6.45) is 0.541. The monoisotopic (exact) mass is 227 g/mol. The average molecular weight is 227 g/mol. The Hall–Kier alpha value is -1.13. The van der Waals surface area contributed by atoms with Gasteiger partial charge in [0.1, 0.15) is 6.61 Å². The number of methoxy groups -OCH3 is 1. The molecule has 0 spiro atoms. The minimum Gasteiger partial charge on any atom is -0.488 e. The lowest BCUT2D eigenvalue weighted by atomic mass is 10.1. The molecule has 0 aliphatic rings. The van der Waals surface area contributed by atoms with Gasteiger partial charge in [-0.1, -0.05) is 12.1 Å². The van der Waals surface area contributed by atoms with Crippen molar-refractivity contribution in [3.8, 4) is 5.75 Å². The van der Waals surface area contributed by atoms with Gasteiger partial charge in [-0.2, -0.15) is 0 Å². The van der Waals surface area contributed by atoms with Crippen LogP contribution in [0, 0.1) is 5.82 Å². The molecule has 1 aromatic carbocycles. The van der Waals surface area contributed by atoms with Crippen molar-refractivity contribution < 1.29 is 13.9 Å². The highest BCUT2D eigenvalue weighted by atomic mass is 19.1. The molecule has 0 fully saturated rings. The zero-order chi connectivity index (χ0) is 12.0. The summed E-state index contributed by atoms with van der Waals surface area (Å²) in [4.78, 5) is 0. The molecule has 0 aliphatic heterocycles. The molecular weight excluding hydrogens is 209 g/mol. The molecule has 90 valence electrons. The number of hydrogen-bond acceptors (Lipinski definition) is 3. The first kappa shape index (κ1) is 12.9. The van der Waals surface area contributed by atoms with Gasteiger partial charge in [-0.3, -0.25) is 0 Å². The first-order valence-electron chi connectivity index (χ1n) is 5.32. The zero-order valence-corrected chi connectivity index (χ0v) is 9.70. The molecule has 2 N–H and O–H groups in total. The Labute approximate surface area is 95.4 Å². The Bertz CT molecular complexity index is 331. The summed E-state index contributed by atoms with van der Waals surface area (Å²) >= 11 is 0. The fourth-order valence-electron chi connectivity index (χ4n) is 1.34. The number of halogens is 1. The lowest BCUT2D eigenvalue weighted by Crippen LogP contribution is -2.17. The molecule has 0 heterocycles. The second-order valence-electron chi connectivity index (χ2n) is 3.62. The predicted molar refractivity (Wildman–Crippen MR) is 61.1 cm³/mol. The van der Waals surface area contributed by atoms with Crippen molar-refractivity contribution >= 4 is 0 Å². The van der Waals surface area contributed by atoms with E-state index in [4.69, 9.17) is 15.2 Å². The zero-order valence-electron chi connectivity index (χ0n) is 9.70. The number of para-hydroxylation sites is 1. The van der Waals surface area contributed by atoms with Crippen LogP contribution >= 0.6 is 0 Å². The Morgan fingerprint density at radius 1 is 1.44 bits per heavy atom. The van der Waals surface area contributed by atoms with Gasteiger partial charge < -0.3 is 15.2 Å². The van der Waals surface area contributed by atoms with Crippen LogP contribution in [0.3, 0.4) is 0 Å². The van der Waals surface area contributed by atoms with Crippen LogP contribution < -0.4 is 10.5 Å². The summed E-state index contributed by atoms with van der Waals surface area (Å²) in [5, 5.41) is 0. The van der Waals surface area contributed by atoms with Gasteiger partial charge in [0.05, 0.1) is 6.10 Å². The number of nitrogens with two attached hydrogens (primary N) is 1. The Morgan fingerprint density at radius 2 is 2.19 bits per heavy atom. The summed E-state index contributed by atoms with van der Waals surface area (Å²) in [6, 6.07) is 4.86. The quantitative estimate of drug-likeness (QED) is 0.805. The Balaban J connectivity index is 2.75. The predicted octanol–water partition coefficient (Wildman–Crippen LogP) is 1.74. The van der Waals surface area contributed by atoms with Gasteiger partial charge >= 0.3 is 0 Å². The number of hydrogen-bond donors (Lipinski definition) is 1. The molecule has 16 heavy (non-hydrogen) atoms. The molecule has 1 unspecified atom stereocenters. The second kappa shape index (κ2) is 6.45. The molecule has 0 saturated carbocycles. The average Bonchev–Trinajstić information content (AvgIpc) is 2.28. The van der Waals surface area contributed by atoms with Crippen LogP contribution in [0.25, 0.3) is 0 Å². The van der Waals surface area contributed by atoms with Crippen LogP contribution in [0.15, 0.2) is 18.2 Å². The number of ether oxygens (including phenoxy) is 2. The standard InChI is InChI=1S/C12H18FNO2/c1-9(15-2)8-16-12-10(6-7-14)4-3-5-11(12)13/h3-5,9H,6-8,14H2,1-2H3. The van der Waals surface area contributed by atoms with Crippen molar-refractivity contribution in [1.29, 1.82) is 0 Å². The molecule has 0 saturated heterocycles. The Morgan fingerprint density at radius 3 is 2.81 bits per heavy atom. The van der Waals surface area contributed by atoms with Crippen LogP contribution in [0.1, 0.15) is 12.5 Å². The van der Waals surface area contributed by atoms with E-state index in [1.807, 2.05) is 13.0 Å². The van der Waals surface area contributed by atoms with E-state index in [1.165, 1.54) is 6.07 Å². The first-order valence-corrected chi connectivity index (χ1v) is 5.32. The van der Waals surface area contributed by atoms with Gasteiger partial charge in [-0.05, 0) is 31.5 Å². The van der Waals surface area contributed by atoms with Crippen LogP contribution in [-0.2, 0) is 11.2 Å². The van der Waals surface area contributed by atoms with Crippen molar-refractivity contribution in [2.24, 2.45) is 5.73 Å². The molecule has 0 amide bonds. The van der Waals surface area contributed by atoms with Crippen molar-refractivity contribution in [1.82, 2.24) is 0 Å². The van der Waals surface area contributed by atoms with Gasteiger partial charge in [0.25, 0.3) is 0 Å². The fourth-order valence-corrected chi connectivity index (χ4v) is 1.34. The van der Waals surface area contributed by atoms with Crippen LogP contribution in [0.2, 0.25) is 0 Å².